The van der Waals surface area contributed by atoms with E-state index in [9.17, 15) is 14.0 Å². The molecule has 3 rings (SSSR count). The van der Waals surface area contributed by atoms with Crippen molar-refractivity contribution >= 4 is 39.8 Å². The average molecular weight is 417 g/mol. The van der Waals surface area contributed by atoms with Crippen molar-refractivity contribution in [3.63, 3.8) is 0 Å². The van der Waals surface area contributed by atoms with Crippen molar-refractivity contribution in [1.82, 2.24) is 5.32 Å². The van der Waals surface area contributed by atoms with Crippen LogP contribution in [0.4, 0.5) is 9.39 Å². The predicted molar refractivity (Wildman–Crippen MR) is 111 cm³/mol. The Morgan fingerprint density at radius 1 is 1.07 bits per heavy atom. The summed E-state index contributed by atoms with van der Waals surface area (Å²) in [5, 5.41) is 6.15. The monoisotopic (exact) mass is 416 g/mol. The third-order valence-corrected chi connectivity index (χ3v) is 5.54. The number of hydrogen-bond donors (Lipinski definition) is 2. The Labute approximate surface area is 171 Å². The molecule has 2 N–H and O–H groups in total. The maximum atomic E-state index is 13.1. The highest BCUT2D eigenvalue weighted by molar-refractivity contribution is 7.18. The zero-order chi connectivity index (χ0) is 20.3. The summed E-state index contributed by atoms with van der Waals surface area (Å²) in [5.41, 5.74) is 3.07. The van der Waals surface area contributed by atoms with E-state index in [-0.39, 0.29) is 16.5 Å². The first kappa shape index (κ1) is 20.0. The number of carbonyl (C=O) groups excluding carboxylic acids is 2. The molecule has 4 nitrogen and oxygen atoms in total. The van der Waals surface area contributed by atoms with Crippen molar-refractivity contribution < 1.29 is 14.0 Å². The molecule has 1 heterocycles. The lowest BCUT2D eigenvalue weighted by Crippen LogP contribution is -2.22. The molecule has 0 aliphatic rings. The Morgan fingerprint density at radius 3 is 2.57 bits per heavy atom. The highest BCUT2D eigenvalue weighted by Crippen LogP contribution is 2.28. The fourth-order valence-electron chi connectivity index (χ4n) is 2.71. The summed E-state index contributed by atoms with van der Waals surface area (Å²) >= 11 is 7.10. The molecule has 0 saturated carbocycles. The van der Waals surface area contributed by atoms with Gasteiger partial charge in [-0.1, -0.05) is 41.4 Å². The highest BCUT2D eigenvalue weighted by atomic mass is 35.5. The lowest BCUT2D eigenvalue weighted by Gasteiger charge is -2.06. The van der Waals surface area contributed by atoms with Gasteiger partial charge >= 0.3 is 0 Å². The van der Waals surface area contributed by atoms with Crippen LogP contribution in [0.2, 0.25) is 5.02 Å². The second-order valence-corrected chi connectivity index (χ2v) is 7.83. The van der Waals surface area contributed by atoms with Crippen LogP contribution < -0.4 is 10.6 Å². The second-order valence-electron chi connectivity index (χ2n) is 6.37. The molecule has 1 aromatic heterocycles. The summed E-state index contributed by atoms with van der Waals surface area (Å²) in [6.07, 6.45) is 0. The SMILES string of the molecule is Cc1cccc(CNC(=O)c2sc(NC(=O)c3ccc(F)cc3Cl)cc2C)c1. The van der Waals surface area contributed by atoms with Gasteiger partial charge in [-0.25, -0.2) is 4.39 Å². The molecule has 7 heteroatoms. The summed E-state index contributed by atoms with van der Waals surface area (Å²) in [6, 6.07) is 13.2. The first-order valence-corrected chi connectivity index (χ1v) is 9.73. The molecule has 0 aliphatic heterocycles. The van der Waals surface area contributed by atoms with E-state index in [4.69, 9.17) is 11.6 Å². The standard InChI is InChI=1S/C21H18ClFN2O2S/c1-12-4-3-5-14(8-12)11-24-21(27)19-13(2)9-18(28-19)25-20(26)16-7-6-15(23)10-17(16)22/h3-10H,11H2,1-2H3,(H,24,27)(H,25,26). The smallest absolute Gasteiger partial charge is 0.261 e. The fourth-order valence-corrected chi connectivity index (χ4v) is 3.94. The number of amides is 2. The number of rotatable bonds is 5. The van der Waals surface area contributed by atoms with E-state index in [1.807, 2.05) is 31.2 Å². The van der Waals surface area contributed by atoms with Crippen LogP contribution in [0.25, 0.3) is 0 Å². The predicted octanol–water partition coefficient (Wildman–Crippen LogP) is 5.34. The van der Waals surface area contributed by atoms with Gasteiger partial charge in [0.1, 0.15) is 5.82 Å². The molecule has 0 saturated heterocycles. The summed E-state index contributed by atoms with van der Waals surface area (Å²) in [7, 11) is 0. The topological polar surface area (TPSA) is 58.2 Å². The Balaban J connectivity index is 1.68. The van der Waals surface area contributed by atoms with Crippen molar-refractivity contribution in [2.75, 3.05) is 5.32 Å². The van der Waals surface area contributed by atoms with Gasteiger partial charge < -0.3 is 10.6 Å². The van der Waals surface area contributed by atoms with Gasteiger partial charge in [0.25, 0.3) is 11.8 Å². The molecule has 0 unspecified atom stereocenters. The van der Waals surface area contributed by atoms with E-state index in [0.717, 1.165) is 22.8 Å². The van der Waals surface area contributed by atoms with E-state index in [1.54, 1.807) is 13.0 Å². The molecule has 0 bridgehead atoms. The maximum absolute atomic E-state index is 13.1. The molecule has 2 aromatic carbocycles. The third-order valence-electron chi connectivity index (χ3n) is 4.07. The molecule has 2 amide bonds. The molecule has 0 spiro atoms. The van der Waals surface area contributed by atoms with Crippen LogP contribution >= 0.6 is 22.9 Å². The lowest BCUT2D eigenvalue weighted by atomic mass is 10.1. The normalized spacial score (nSPS) is 10.6. The largest absolute Gasteiger partial charge is 0.347 e. The molecular weight excluding hydrogens is 399 g/mol. The van der Waals surface area contributed by atoms with Crippen LogP contribution in [0, 0.1) is 19.7 Å². The number of hydrogen-bond acceptors (Lipinski definition) is 3. The number of benzene rings is 2. The minimum Gasteiger partial charge on any atom is -0.347 e. The van der Waals surface area contributed by atoms with Gasteiger partial charge in [0.15, 0.2) is 0 Å². The molecule has 0 aliphatic carbocycles. The molecule has 28 heavy (non-hydrogen) atoms. The molecule has 0 atom stereocenters. The van der Waals surface area contributed by atoms with Crippen molar-refractivity contribution in [3.8, 4) is 0 Å². The number of nitrogens with one attached hydrogen (secondary N) is 2. The number of halogens is 2. The lowest BCUT2D eigenvalue weighted by molar-refractivity contribution is 0.0953. The molecule has 0 radical (unpaired) electrons. The number of thiophene rings is 1. The molecule has 0 fully saturated rings. The van der Waals surface area contributed by atoms with Crippen molar-refractivity contribution in [2.24, 2.45) is 0 Å². The van der Waals surface area contributed by atoms with E-state index >= 15 is 0 Å². The number of aryl methyl sites for hydroxylation is 2. The highest BCUT2D eigenvalue weighted by Gasteiger charge is 2.17. The second kappa shape index (κ2) is 8.54. The summed E-state index contributed by atoms with van der Waals surface area (Å²) < 4.78 is 13.1. The van der Waals surface area contributed by atoms with Crippen LogP contribution in [-0.4, -0.2) is 11.8 Å². The van der Waals surface area contributed by atoms with E-state index in [2.05, 4.69) is 10.6 Å². The summed E-state index contributed by atoms with van der Waals surface area (Å²) in [4.78, 5) is 25.4. The fraction of sp³-hybridized carbons (Fsp3) is 0.143. The van der Waals surface area contributed by atoms with Crippen molar-refractivity contribution in [2.45, 2.75) is 20.4 Å². The van der Waals surface area contributed by atoms with Gasteiger partial charge in [-0.05, 0) is 49.2 Å². The first-order valence-electron chi connectivity index (χ1n) is 8.54. The van der Waals surface area contributed by atoms with Crippen LogP contribution in [0.3, 0.4) is 0 Å². The number of carbonyl (C=O) groups is 2. The van der Waals surface area contributed by atoms with Gasteiger partial charge in [0, 0.05) is 6.54 Å². The Kier molecular flexibility index (Phi) is 6.11. The number of anilines is 1. The van der Waals surface area contributed by atoms with Crippen LogP contribution in [0.5, 0.6) is 0 Å². The first-order chi connectivity index (χ1) is 13.3. The quantitative estimate of drug-likeness (QED) is 0.589. The Hall–Kier alpha value is -2.70. The van der Waals surface area contributed by atoms with E-state index < -0.39 is 11.7 Å². The zero-order valence-corrected chi connectivity index (χ0v) is 16.9. The minimum absolute atomic E-state index is 0.0295. The summed E-state index contributed by atoms with van der Waals surface area (Å²) in [6.45, 7) is 4.22. The van der Waals surface area contributed by atoms with Gasteiger partial charge in [0.2, 0.25) is 0 Å². The van der Waals surface area contributed by atoms with Crippen LogP contribution in [-0.2, 0) is 6.54 Å². The van der Waals surface area contributed by atoms with Crippen LogP contribution in [0.1, 0.15) is 36.7 Å². The van der Waals surface area contributed by atoms with Gasteiger partial charge in [-0.15, -0.1) is 11.3 Å². The Bertz CT molecular complexity index is 1050. The van der Waals surface area contributed by atoms with E-state index in [0.29, 0.717) is 16.4 Å². The van der Waals surface area contributed by atoms with E-state index in [1.165, 1.54) is 23.5 Å². The zero-order valence-electron chi connectivity index (χ0n) is 15.3. The molecular formula is C21H18ClFN2O2S. The minimum atomic E-state index is -0.513. The van der Waals surface area contributed by atoms with Crippen LogP contribution in [0.15, 0.2) is 48.5 Å². The third kappa shape index (κ3) is 4.77. The van der Waals surface area contributed by atoms with Crippen molar-refractivity contribution in [1.29, 1.82) is 0 Å². The average Bonchev–Trinajstić information content (AvgIpc) is 3.00. The van der Waals surface area contributed by atoms with Gasteiger partial charge in [-0.3, -0.25) is 9.59 Å². The summed E-state index contributed by atoms with van der Waals surface area (Å²) in [5.74, 6) is -1.18. The van der Waals surface area contributed by atoms with Gasteiger partial charge in [0.05, 0.1) is 20.5 Å². The molecule has 3 aromatic rings. The Morgan fingerprint density at radius 2 is 1.86 bits per heavy atom. The van der Waals surface area contributed by atoms with Crippen molar-refractivity contribution in [3.05, 3.63) is 86.5 Å². The van der Waals surface area contributed by atoms with Gasteiger partial charge in [-0.2, -0.15) is 0 Å². The molecule has 144 valence electrons. The maximum Gasteiger partial charge on any atom is 0.261 e.